The fourth-order valence-corrected chi connectivity index (χ4v) is 2.87. The van der Waals surface area contributed by atoms with E-state index < -0.39 is 0 Å². The monoisotopic (exact) mass is 299 g/mol. The van der Waals surface area contributed by atoms with Gasteiger partial charge in [-0.1, -0.05) is 12.1 Å². The minimum atomic E-state index is -0.335. The number of benzene rings is 2. The molecule has 3 nitrogen and oxygen atoms in total. The van der Waals surface area contributed by atoms with Crippen LogP contribution in [0.1, 0.15) is 27.0 Å². The number of nitrogens with one attached hydrogen (secondary N) is 1. The number of esters is 1. The number of carbonyl (C=O) groups is 1. The Balaban J connectivity index is 1.72. The molecule has 0 unspecified atom stereocenters. The van der Waals surface area contributed by atoms with Crippen LogP contribution in [0.3, 0.4) is 0 Å². The highest BCUT2D eigenvalue weighted by atomic mass is 19.1. The molecule has 1 aliphatic rings. The normalized spacial score (nSPS) is 12.6. The molecule has 0 aromatic heterocycles. The molecule has 0 fully saturated rings. The van der Waals surface area contributed by atoms with Gasteiger partial charge in [0.05, 0.1) is 12.7 Å². The third-order valence-corrected chi connectivity index (χ3v) is 4.02. The van der Waals surface area contributed by atoms with Gasteiger partial charge in [-0.2, -0.15) is 0 Å². The largest absolute Gasteiger partial charge is 0.465 e. The van der Waals surface area contributed by atoms with Gasteiger partial charge in [-0.3, -0.25) is 0 Å². The van der Waals surface area contributed by atoms with Crippen LogP contribution in [0.25, 0.3) is 0 Å². The van der Waals surface area contributed by atoms with Crippen LogP contribution in [0.5, 0.6) is 0 Å². The van der Waals surface area contributed by atoms with E-state index in [2.05, 4.69) is 10.1 Å². The predicted molar refractivity (Wildman–Crippen MR) is 83.8 cm³/mol. The first-order valence-corrected chi connectivity index (χ1v) is 7.40. The molecule has 1 N–H and O–H groups in total. The average molecular weight is 299 g/mol. The fraction of sp³-hybridized carbons (Fsp3) is 0.278. The van der Waals surface area contributed by atoms with E-state index in [1.54, 1.807) is 24.3 Å². The van der Waals surface area contributed by atoms with E-state index in [9.17, 15) is 9.18 Å². The number of halogens is 1. The van der Waals surface area contributed by atoms with Gasteiger partial charge in [0.2, 0.25) is 0 Å². The number of methoxy groups -OCH3 is 1. The molecule has 2 aromatic carbocycles. The molecule has 0 saturated heterocycles. The summed E-state index contributed by atoms with van der Waals surface area (Å²) in [6.07, 6.45) is 2.46. The number of hydrogen-bond donors (Lipinski definition) is 1. The molecule has 114 valence electrons. The Morgan fingerprint density at radius 2 is 2.00 bits per heavy atom. The molecule has 0 bridgehead atoms. The summed E-state index contributed by atoms with van der Waals surface area (Å²) < 4.78 is 18.3. The van der Waals surface area contributed by atoms with Crippen molar-refractivity contribution in [2.75, 3.05) is 19.0 Å². The molecule has 1 aliphatic heterocycles. The Morgan fingerprint density at radius 3 is 2.73 bits per heavy atom. The molecule has 0 atom stereocenters. The van der Waals surface area contributed by atoms with E-state index in [4.69, 9.17) is 0 Å². The number of rotatable bonds is 4. The Bertz CT molecular complexity index is 695. The second-order valence-corrected chi connectivity index (χ2v) is 5.46. The van der Waals surface area contributed by atoms with Crippen LogP contribution in [0.2, 0.25) is 0 Å². The lowest BCUT2D eigenvalue weighted by Crippen LogP contribution is -2.02. The van der Waals surface area contributed by atoms with E-state index >= 15 is 0 Å². The smallest absolute Gasteiger partial charge is 0.337 e. The van der Waals surface area contributed by atoms with E-state index in [0.29, 0.717) is 5.56 Å². The summed E-state index contributed by atoms with van der Waals surface area (Å²) in [7, 11) is 1.37. The lowest BCUT2D eigenvalue weighted by Gasteiger charge is -2.10. The number of ether oxygens (including phenoxy) is 1. The molecule has 0 aliphatic carbocycles. The molecule has 22 heavy (non-hydrogen) atoms. The molecule has 4 heteroatoms. The summed E-state index contributed by atoms with van der Waals surface area (Å²) in [4.78, 5) is 11.4. The highest BCUT2D eigenvalue weighted by Crippen LogP contribution is 2.28. The maximum atomic E-state index is 13.6. The number of aryl methyl sites for hydroxylation is 2. The molecule has 0 amide bonds. The molecule has 2 aromatic rings. The van der Waals surface area contributed by atoms with Gasteiger partial charge in [-0.05, 0) is 60.2 Å². The zero-order chi connectivity index (χ0) is 15.5. The number of carbonyl (C=O) groups excluding carboxylic acids is 1. The van der Waals surface area contributed by atoms with Gasteiger partial charge < -0.3 is 10.1 Å². The zero-order valence-electron chi connectivity index (χ0n) is 12.5. The Hall–Kier alpha value is -2.36. The molecular weight excluding hydrogens is 281 g/mol. The first-order chi connectivity index (χ1) is 10.7. The molecule has 0 spiro atoms. The van der Waals surface area contributed by atoms with Gasteiger partial charge in [-0.25, -0.2) is 9.18 Å². The summed E-state index contributed by atoms with van der Waals surface area (Å²) in [6.45, 7) is 0.875. The van der Waals surface area contributed by atoms with Crippen LogP contribution < -0.4 is 5.32 Å². The first-order valence-electron chi connectivity index (χ1n) is 7.40. The summed E-state index contributed by atoms with van der Waals surface area (Å²) in [5, 5.41) is 3.34. The van der Waals surface area contributed by atoms with Crippen molar-refractivity contribution in [3.05, 3.63) is 64.5 Å². The molecule has 3 rings (SSSR count). The number of hydrogen-bond acceptors (Lipinski definition) is 3. The van der Waals surface area contributed by atoms with Crippen molar-refractivity contribution in [3.63, 3.8) is 0 Å². The zero-order valence-corrected chi connectivity index (χ0v) is 12.5. The van der Waals surface area contributed by atoms with E-state index in [1.807, 2.05) is 12.1 Å². The topological polar surface area (TPSA) is 38.3 Å². The lowest BCUT2D eigenvalue weighted by atomic mass is 9.99. The predicted octanol–water partition coefficient (Wildman–Crippen LogP) is 3.37. The second kappa shape index (κ2) is 6.18. The highest BCUT2D eigenvalue weighted by Gasteiger charge is 2.15. The standard InChI is InChI=1S/C18H18FNO2/c1-22-18(21)13-5-2-12(3-6-13)4-7-14-10-16(19)11-15-8-9-20-17(14)15/h2-3,5-6,10-11,20H,4,7-9H2,1H3. The van der Waals surface area contributed by atoms with Crippen LogP contribution in [-0.4, -0.2) is 19.6 Å². The van der Waals surface area contributed by atoms with Gasteiger partial charge in [-0.15, -0.1) is 0 Å². The van der Waals surface area contributed by atoms with Gasteiger partial charge in [0.25, 0.3) is 0 Å². The van der Waals surface area contributed by atoms with Crippen molar-refractivity contribution in [2.24, 2.45) is 0 Å². The Kier molecular flexibility index (Phi) is 4.09. The van der Waals surface area contributed by atoms with E-state index in [0.717, 1.165) is 48.2 Å². The summed E-state index contributed by atoms with van der Waals surface area (Å²) in [5.74, 6) is -0.503. The van der Waals surface area contributed by atoms with Gasteiger partial charge >= 0.3 is 5.97 Å². The number of anilines is 1. The van der Waals surface area contributed by atoms with Crippen molar-refractivity contribution in [1.82, 2.24) is 0 Å². The van der Waals surface area contributed by atoms with Crippen LogP contribution in [0, 0.1) is 5.82 Å². The van der Waals surface area contributed by atoms with Crippen molar-refractivity contribution in [2.45, 2.75) is 19.3 Å². The summed E-state index contributed by atoms with van der Waals surface area (Å²) in [6, 6.07) is 10.6. The van der Waals surface area contributed by atoms with Crippen molar-refractivity contribution < 1.29 is 13.9 Å². The van der Waals surface area contributed by atoms with Gasteiger partial charge in [0.1, 0.15) is 5.82 Å². The van der Waals surface area contributed by atoms with E-state index in [1.165, 1.54) is 7.11 Å². The maximum absolute atomic E-state index is 13.6. The number of fused-ring (bicyclic) bond motifs is 1. The second-order valence-electron chi connectivity index (χ2n) is 5.46. The van der Waals surface area contributed by atoms with Gasteiger partial charge in [0, 0.05) is 12.2 Å². The molecule has 0 radical (unpaired) electrons. The Morgan fingerprint density at radius 1 is 1.23 bits per heavy atom. The SMILES string of the molecule is COC(=O)c1ccc(CCc2cc(F)cc3c2NCC3)cc1. The van der Waals surface area contributed by atoms with Gasteiger partial charge in [0.15, 0.2) is 0 Å². The molecule has 1 heterocycles. The minimum Gasteiger partial charge on any atom is -0.465 e. The van der Waals surface area contributed by atoms with Crippen molar-refractivity contribution in [1.29, 1.82) is 0 Å². The van der Waals surface area contributed by atoms with Crippen molar-refractivity contribution >= 4 is 11.7 Å². The summed E-state index contributed by atoms with van der Waals surface area (Å²) in [5.41, 5.74) is 4.83. The quantitative estimate of drug-likeness (QED) is 0.880. The maximum Gasteiger partial charge on any atom is 0.337 e. The fourth-order valence-electron chi connectivity index (χ4n) is 2.87. The van der Waals surface area contributed by atoms with Crippen LogP contribution in [-0.2, 0) is 24.0 Å². The summed E-state index contributed by atoms with van der Waals surface area (Å²) >= 11 is 0. The van der Waals surface area contributed by atoms with Crippen LogP contribution in [0.15, 0.2) is 36.4 Å². The average Bonchev–Trinajstić information content (AvgIpc) is 3.00. The van der Waals surface area contributed by atoms with Crippen LogP contribution >= 0.6 is 0 Å². The van der Waals surface area contributed by atoms with E-state index in [-0.39, 0.29) is 11.8 Å². The first kappa shape index (κ1) is 14.6. The minimum absolute atomic E-state index is 0.168. The lowest BCUT2D eigenvalue weighted by molar-refractivity contribution is 0.0600. The third kappa shape index (κ3) is 2.96. The van der Waals surface area contributed by atoms with Crippen molar-refractivity contribution in [3.8, 4) is 0 Å². The highest BCUT2D eigenvalue weighted by molar-refractivity contribution is 5.89. The van der Waals surface area contributed by atoms with Crippen LogP contribution in [0.4, 0.5) is 10.1 Å². The molecule has 0 saturated carbocycles. The third-order valence-electron chi connectivity index (χ3n) is 4.02. The Labute approximate surface area is 129 Å². The molecular formula is C18H18FNO2.